The summed E-state index contributed by atoms with van der Waals surface area (Å²) < 4.78 is 45.6. The number of benzene rings is 4. The van der Waals surface area contributed by atoms with Crippen LogP contribution in [0.1, 0.15) is 61.8 Å². The molecule has 4 unspecified atom stereocenters. The van der Waals surface area contributed by atoms with Crippen LogP contribution in [0.15, 0.2) is 97.1 Å². The zero-order chi connectivity index (χ0) is 34.4. The molecule has 4 atom stereocenters. The second-order valence-electron chi connectivity index (χ2n) is 13.0. The molecule has 4 aromatic carbocycles. The summed E-state index contributed by atoms with van der Waals surface area (Å²) >= 11 is 0. The van der Waals surface area contributed by atoms with Gasteiger partial charge in [0.1, 0.15) is 48.4 Å². The molecule has 0 spiro atoms. The van der Waals surface area contributed by atoms with Gasteiger partial charge >= 0.3 is 0 Å². The van der Waals surface area contributed by atoms with E-state index in [0.29, 0.717) is 26.4 Å². The first-order valence-electron chi connectivity index (χ1n) is 18.0. The highest BCUT2D eigenvalue weighted by Crippen LogP contribution is 2.22. The smallest absolute Gasteiger partial charge is 0.196 e. The standard InChI is InChI=1S/C42H50O8/c1-31(49-39-19-11-35(12-20-39)25-33-7-15-37(16-8-33)45-27-41-29-47-41)43-23-5-3-4-6-24-44-32(2)50-40-21-13-36(14-22-40)26-34-9-17-38(18-10-34)46-28-42-30-48-42/h7-22,31-32,41-42H,3-6,23-30H2,1-2H3. The van der Waals surface area contributed by atoms with E-state index in [-0.39, 0.29) is 24.8 Å². The third-order valence-electron chi connectivity index (χ3n) is 8.53. The fraction of sp³-hybridized carbons (Fsp3) is 0.429. The molecule has 0 amide bonds. The van der Waals surface area contributed by atoms with Crippen LogP contribution in [0.2, 0.25) is 0 Å². The molecule has 0 N–H and O–H groups in total. The molecule has 2 aliphatic heterocycles. The molecule has 50 heavy (non-hydrogen) atoms. The normalized spacial score (nSPS) is 17.5. The molecule has 266 valence electrons. The Morgan fingerprint density at radius 3 is 1.12 bits per heavy atom. The van der Waals surface area contributed by atoms with Gasteiger partial charge in [-0.1, -0.05) is 61.4 Å². The molecule has 0 radical (unpaired) electrons. The van der Waals surface area contributed by atoms with Crippen LogP contribution in [0, 0.1) is 0 Å². The maximum absolute atomic E-state index is 5.97. The maximum atomic E-state index is 5.97. The first-order chi connectivity index (χ1) is 24.5. The quantitative estimate of drug-likeness (QED) is 0.0441. The minimum Gasteiger partial charge on any atom is -0.491 e. The highest BCUT2D eigenvalue weighted by Gasteiger charge is 2.23. The van der Waals surface area contributed by atoms with Crippen LogP contribution in [0.5, 0.6) is 23.0 Å². The van der Waals surface area contributed by atoms with E-state index in [2.05, 4.69) is 48.5 Å². The molecule has 8 heteroatoms. The van der Waals surface area contributed by atoms with E-state index in [9.17, 15) is 0 Å². The Labute approximate surface area is 296 Å². The molecule has 0 saturated carbocycles. The van der Waals surface area contributed by atoms with Gasteiger partial charge in [-0.15, -0.1) is 0 Å². The summed E-state index contributed by atoms with van der Waals surface area (Å²) in [7, 11) is 0. The van der Waals surface area contributed by atoms with Crippen LogP contribution in [0.25, 0.3) is 0 Å². The van der Waals surface area contributed by atoms with E-state index < -0.39 is 0 Å². The van der Waals surface area contributed by atoms with Crippen LogP contribution in [0.3, 0.4) is 0 Å². The Balaban J connectivity index is 0.770. The number of unbranched alkanes of at least 4 members (excludes halogenated alkanes) is 3. The van der Waals surface area contributed by atoms with Crippen LogP contribution < -0.4 is 18.9 Å². The number of epoxide rings is 2. The maximum Gasteiger partial charge on any atom is 0.196 e. The van der Waals surface area contributed by atoms with Crippen molar-refractivity contribution in [3.63, 3.8) is 0 Å². The first kappa shape index (κ1) is 35.7. The van der Waals surface area contributed by atoms with Crippen LogP contribution in [-0.2, 0) is 31.8 Å². The van der Waals surface area contributed by atoms with E-state index >= 15 is 0 Å². The molecular weight excluding hydrogens is 632 g/mol. The lowest BCUT2D eigenvalue weighted by molar-refractivity contribution is -0.0709. The average Bonchev–Trinajstić information content (AvgIpc) is 4.07. The van der Waals surface area contributed by atoms with Crippen molar-refractivity contribution in [1.29, 1.82) is 0 Å². The van der Waals surface area contributed by atoms with Crippen molar-refractivity contribution in [1.82, 2.24) is 0 Å². The molecule has 2 aliphatic rings. The van der Waals surface area contributed by atoms with Gasteiger partial charge < -0.3 is 37.9 Å². The van der Waals surface area contributed by atoms with Gasteiger partial charge in [0.2, 0.25) is 0 Å². The van der Waals surface area contributed by atoms with Gasteiger partial charge in [0, 0.05) is 0 Å². The van der Waals surface area contributed by atoms with Crippen LogP contribution in [-0.4, -0.2) is 64.4 Å². The van der Waals surface area contributed by atoms with Gasteiger partial charge in [-0.25, -0.2) is 0 Å². The minimum absolute atomic E-state index is 0.266. The molecule has 0 bridgehead atoms. The summed E-state index contributed by atoms with van der Waals surface area (Å²) in [5.41, 5.74) is 4.93. The molecule has 4 aromatic rings. The van der Waals surface area contributed by atoms with Crippen LogP contribution in [0.4, 0.5) is 0 Å². The molecule has 2 fully saturated rings. The Hall–Kier alpha value is -4.08. The van der Waals surface area contributed by atoms with E-state index in [1.165, 1.54) is 22.3 Å². The summed E-state index contributed by atoms with van der Waals surface area (Å²) in [5.74, 6) is 3.38. The molecule has 0 aliphatic carbocycles. The Bertz CT molecular complexity index is 1410. The summed E-state index contributed by atoms with van der Waals surface area (Å²) in [6.07, 6.45) is 5.76. The SMILES string of the molecule is CC(OCCCCCCOC(C)Oc1ccc(Cc2ccc(OCC3CO3)cc2)cc1)Oc1ccc(Cc2ccc(OCC3CO3)cc2)cc1. The second-order valence-corrected chi connectivity index (χ2v) is 13.0. The molecule has 2 heterocycles. The third-order valence-corrected chi connectivity index (χ3v) is 8.53. The van der Waals surface area contributed by atoms with Crippen molar-refractivity contribution >= 4 is 0 Å². The second kappa shape index (κ2) is 18.8. The fourth-order valence-electron chi connectivity index (χ4n) is 5.46. The highest BCUT2D eigenvalue weighted by atomic mass is 16.7. The molecule has 8 nitrogen and oxygen atoms in total. The van der Waals surface area contributed by atoms with Gasteiger partial charge in [-0.05, 0) is 110 Å². The molecule has 2 saturated heterocycles. The summed E-state index contributed by atoms with van der Waals surface area (Å²) in [5, 5.41) is 0. The Morgan fingerprint density at radius 2 is 0.800 bits per heavy atom. The Morgan fingerprint density at radius 1 is 0.480 bits per heavy atom. The lowest BCUT2D eigenvalue weighted by Gasteiger charge is -2.16. The first-order valence-corrected chi connectivity index (χ1v) is 18.0. The van der Waals surface area contributed by atoms with Gasteiger partial charge in [-0.3, -0.25) is 0 Å². The average molecular weight is 683 g/mol. The fourth-order valence-corrected chi connectivity index (χ4v) is 5.46. The van der Waals surface area contributed by atoms with Gasteiger partial charge in [0.05, 0.1) is 26.4 Å². The number of rotatable bonds is 23. The highest BCUT2D eigenvalue weighted by molar-refractivity contribution is 5.35. The summed E-state index contributed by atoms with van der Waals surface area (Å²) in [6.45, 7) is 8.07. The lowest BCUT2D eigenvalue weighted by Crippen LogP contribution is -2.17. The van der Waals surface area contributed by atoms with Gasteiger partial charge in [-0.2, -0.15) is 0 Å². The monoisotopic (exact) mass is 682 g/mol. The van der Waals surface area contributed by atoms with Crippen molar-refractivity contribution in [2.45, 2.75) is 77.2 Å². The third kappa shape index (κ3) is 13.0. The number of hydrogen-bond acceptors (Lipinski definition) is 8. The van der Waals surface area contributed by atoms with Crippen LogP contribution >= 0.6 is 0 Å². The molecule has 6 rings (SSSR count). The topological polar surface area (TPSA) is 80.4 Å². The predicted octanol–water partition coefficient (Wildman–Crippen LogP) is 8.17. The largest absolute Gasteiger partial charge is 0.491 e. The zero-order valence-electron chi connectivity index (χ0n) is 29.3. The van der Waals surface area contributed by atoms with Crippen molar-refractivity contribution in [3.05, 3.63) is 119 Å². The molecular formula is C42H50O8. The van der Waals surface area contributed by atoms with Gasteiger partial charge in [0.15, 0.2) is 12.6 Å². The van der Waals surface area contributed by atoms with Crippen molar-refractivity contribution in [2.75, 3.05) is 39.6 Å². The van der Waals surface area contributed by atoms with Crippen molar-refractivity contribution in [3.8, 4) is 23.0 Å². The zero-order valence-corrected chi connectivity index (χ0v) is 29.3. The number of hydrogen-bond donors (Lipinski definition) is 0. The van der Waals surface area contributed by atoms with E-state index in [1.54, 1.807) is 0 Å². The molecule has 0 aromatic heterocycles. The lowest BCUT2D eigenvalue weighted by atomic mass is 10.0. The predicted molar refractivity (Wildman–Crippen MR) is 192 cm³/mol. The van der Waals surface area contributed by atoms with E-state index in [0.717, 1.165) is 74.7 Å². The van der Waals surface area contributed by atoms with E-state index in [4.69, 9.17) is 37.9 Å². The minimum atomic E-state index is -0.302. The summed E-state index contributed by atoms with van der Waals surface area (Å²) in [6, 6.07) is 33.0. The number of ether oxygens (including phenoxy) is 8. The van der Waals surface area contributed by atoms with Gasteiger partial charge in [0.25, 0.3) is 0 Å². The van der Waals surface area contributed by atoms with E-state index in [1.807, 2.05) is 62.4 Å². The summed E-state index contributed by atoms with van der Waals surface area (Å²) in [4.78, 5) is 0. The Kier molecular flexibility index (Phi) is 13.4. The van der Waals surface area contributed by atoms with Crippen molar-refractivity contribution in [2.24, 2.45) is 0 Å². The van der Waals surface area contributed by atoms with Crippen molar-refractivity contribution < 1.29 is 37.9 Å².